The van der Waals surface area contributed by atoms with Gasteiger partial charge in [-0.05, 0) is 18.6 Å². The van der Waals surface area contributed by atoms with Crippen LogP contribution in [0.1, 0.15) is 12.0 Å². The molecule has 2 heterocycles. The van der Waals surface area contributed by atoms with Gasteiger partial charge in [-0.15, -0.1) is 0 Å². The standard InChI is InChI=1S/C13H13F3N2O4S/c14-13(15,16)9-3-1-2-4-10(9)23(21,22)18-6-5-12(18)7-17(8-12)11(19)20/h1-4H,5-8H2,(H,19,20). The zero-order valence-electron chi connectivity index (χ0n) is 11.7. The number of alkyl halides is 3. The first-order valence-electron chi connectivity index (χ1n) is 6.75. The van der Waals surface area contributed by atoms with Crippen molar-refractivity contribution in [2.45, 2.75) is 23.0 Å². The maximum absolute atomic E-state index is 13.1. The minimum atomic E-state index is -4.78. The predicted octanol–water partition coefficient (Wildman–Crippen LogP) is 1.83. The Morgan fingerprint density at radius 2 is 1.83 bits per heavy atom. The molecule has 0 unspecified atom stereocenters. The molecule has 3 rings (SSSR count). The van der Waals surface area contributed by atoms with Gasteiger partial charge in [0.15, 0.2) is 0 Å². The van der Waals surface area contributed by atoms with E-state index >= 15 is 0 Å². The lowest BCUT2D eigenvalue weighted by molar-refractivity contribution is -0.140. The largest absolute Gasteiger partial charge is 0.465 e. The normalized spacial score (nSPS) is 20.9. The summed E-state index contributed by atoms with van der Waals surface area (Å²) in [6.07, 6.45) is -5.52. The van der Waals surface area contributed by atoms with Crippen LogP contribution in [-0.2, 0) is 16.2 Å². The summed E-state index contributed by atoms with van der Waals surface area (Å²) in [5.41, 5.74) is -2.12. The Morgan fingerprint density at radius 1 is 1.22 bits per heavy atom. The summed E-state index contributed by atoms with van der Waals surface area (Å²) in [6.45, 7) is 0.0491. The molecule has 10 heteroatoms. The Morgan fingerprint density at radius 3 is 2.30 bits per heavy atom. The Hall–Kier alpha value is -1.81. The molecule has 1 spiro atoms. The highest BCUT2D eigenvalue weighted by Gasteiger charge is 2.60. The average molecular weight is 350 g/mol. The first-order valence-corrected chi connectivity index (χ1v) is 8.19. The van der Waals surface area contributed by atoms with Crippen molar-refractivity contribution in [1.29, 1.82) is 0 Å². The summed E-state index contributed by atoms with van der Waals surface area (Å²) in [7, 11) is -4.34. The highest BCUT2D eigenvalue weighted by atomic mass is 32.2. The van der Waals surface area contributed by atoms with Crippen molar-refractivity contribution in [1.82, 2.24) is 9.21 Å². The fourth-order valence-electron chi connectivity index (χ4n) is 3.05. The molecular formula is C13H13F3N2O4S. The molecule has 6 nitrogen and oxygen atoms in total. The summed E-state index contributed by atoms with van der Waals surface area (Å²) < 4.78 is 65.4. The lowest BCUT2D eigenvalue weighted by Gasteiger charge is -2.60. The first-order chi connectivity index (χ1) is 10.6. The lowest BCUT2D eigenvalue weighted by atomic mass is 9.80. The molecule has 2 aliphatic heterocycles. The lowest BCUT2D eigenvalue weighted by Crippen LogP contribution is -2.78. The Bertz CT molecular complexity index is 757. The molecule has 1 amide bonds. The number of rotatable bonds is 2. The zero-order valence-corrected chi connectivity index (χ0v) is 12.6. The molecule has 0 atom stereocenters. The van der Waals surface area contributed by atoms with Gasteiger partial charge in [-0.3, -0.25) is 0 Å². The molecule has 23 heavy (non-hydrogen) atoms. The Kier molecular flexibility index (Phi) is 3.38. The van der Waals surface area contributed by atoms with Crippen molar-refractivity contribution in [2.75, 3.05) is 19.6 Å². The van der Waals surface area contributed by atoms with Crippen molar-refractivity contribution in [3.05, 3.63) is 29.8 Å². The van der Waals surface area contributed by atoms with Gasteiger partial charge in [0.2, 0.25) is 10.0 Å². The van der Waals surface area contributed by atoms with Gasteiger partial charge in [-0.2, -0.15) is 17.5 Å². The van der Waals surface area contributed by atoms with Crippen LogP contribution in [0.4, 0.5) is 18.0 Å². The van der Waals surface area contributed by atoms with E-state index < -0.39 is 38.3 Å². The third-order valence-electron chi connectivity index (χ3n) is 4.31. The Balaban J connectivity index is 1.94. The fourth-order valence-corrected chi connectivity index (χ4v) is 5.05. The van der Waals surface area contributed by atoms with E-state index in [1.54, 1.807) is 0 Å². The van der Waals surface area contributed by atoms with Gasteiger partial charge in [-0.25, -0.2) is 13.2 Å². The number of likely N-dealkylation sites (tertiary alicyclic amines) is 1. The predicted molar refractivity (Wildman–Crippen MR) is 72.3 cm³/mol. The van der Waals surface area contributed by atoms with Crippen molar-refractivity contribution in [3.63, 3.8) is 0 Å². The second-order valence-electron chi connectivity index (χ2n) is 5.68. The molecule has 0 radical (unpaired) electrons. The number of halogens is 3. The molecule has 2 saturated heterocycles. The molecular weight excluding hydrogens is 337 g/mol. The van der Waals surface area contributed by atoms with E-state index in [0.717, 1.165) is 27.4 Å². The molecule has 1 aromatic carbocycles. The van der Waals surface area contributed by atoms with Gasteiger partial charge in [0.25, 0.3) is 0 Å². The number of amides is 1. The molecule has 0 aliphatic carbocycles. The second kappa shape index (κ2) is 4.84. The molecule has 1 N–H and O–H groups in total. The first kappa shape index (κ1) is 16.1. The minimum Gasteiger partial charge on any atom is -0.465 e. The van der Waals surface area contributed by atoms with Crippen molar-refractivity contribution < 1.29 is 31.5 Å². The third-order valence-corrected chi connectivity index (χ3v) is 6.37. The summed E-state index contributed by atoms with van der Waals surface area (Å²) in [5.74, 6) is 0. The SMILES string of the molecule is O=C(O)N1CC2(CCN2S(=O)(=O)c2ccccc2C(F)(F)F)C1. The molecule has 0 bridgehead atoms. The molecule has 0 saturated carbocycles. The molecule has 1 aromatic rings. The van der Waals surface area contributed by atoms with E-state index in [4.69, 9.17) is 5.11 Å². The van der Waals surface area contributed by atoms with E-state index in [1.807, 2.05) is 0 Å². The summed E-state index contributed by atoms with van der Waals surface area (Å²) in [4.78, 5) is 11.1. The van der Waals surface area contributed by atoms with Crippen LogP contribution in [0.3, 0.4) is 0 Å². The minimum absolute atomic E-state index is 0.0181. The van der Waals surface area contributed by atoms with E-state index in [1.165, 1.54) is 6.07 Å². The molecule has 2 aliphatic rings. The smallest absolute Gasteiger partial charge is 0.417 e. The van der Waals surface area contributed by atoms with Crippen LogP contribution in [0, 0.1) is 0 Å². The van der Waals surface area contributed by atoms with Gasteiger partial charge < -0.3 is 10.0 Å². The van der Waals surface area contributed by atoms with Crippen molar-refractivity contribution >= 4 is 16.1 Å². The van der Waals surface area contributed by atoms with Gasteiger partial charge in [0.1, 0.15) is 0 Å². The van der Waals surface area contributed by atoms with Crippen LogP contribution in [0.5, 0.6) is 0 Å². The average Bonchev–Trinajstić information content (AvgIpc) is 2.34. The van der Waals surface area contributed by atoms with Gasteiger partial charge >= 0.3 is 12.3 Å². The van der Waals surface area contributed by atoms with Crippen LogP contribution in [0.2, 0.25) is 0 Å². The zero-order chi connectivity index (χ0) is 17.0. The van der Waals surface area contributed by atoms with Crippen LogP contribution >= 0.6 is 0 Å². The van der Waals surface area contributed by atoms with Crippen LogP contribution in [0.25, 0.3) is 0 Å². The maximum Gasteiger partial charge on any atom is 0.417 e. The van der Waals surface area contributed by atoms with E-state index in [0.29, 0.717) is 6.42 Å². The van der Waals surface area contributed by atoms with Crippen LogP contribution in [0.15, 0.2) is 29.2 Å². The second-order valence-corrected chi connectivity index (χ2v) is 7.51. The van der Waals surface area contributed by atoms with Crippen molar-refractivity contribution in [2.24, 2.45) is 0 Å². The maximum atomic E-state index is 13.1. The van der Waals surface area contributed by atoms with Gasteiger partial charge in [-0.1, -0.05) is 12.1 Å². The fraction of sp³-hybridized carbons (Fsp3) is 0.462. The quantitative estimate of drug-likeness (QED) is 0.883. The number of hydrogen-bond donors (Lipinski definition) is 1. The number of carbonyl (C=O) groups is 1. The topological polar surface area (TPSA) is 77.9 Å². The van der Waals surface area contributed by atoms with Crippen LogP contribution < -0.4 is 0 Å². The number of carboxylic acid groups (broad SMARTS) is 1. The highest BCUT2D eigenvalue weighted by Crippen LogP contribution is 2.44. The summed E-state index contributed by atoms with van der Waals surface area (Å²) in [5, 5.41) is 8.85. The molecule has 0 aromatic heterocycles. The third kappa shape index (κ3) is 2.36. The van der Waals surface area contributed by atoms with Gasteiger partial charge in [0.05, 0.1) is 16.0 Å². The molecule has 2 fully saturated rings. The van der Waals surface area contributed by atoms with Crippen LogP contribution in [-0.4, -0.2) is 54.0 Å². The number of nitrogens with zero attached hydrogens (tertiary/aromatic N) is 2. The summed E-state index contributed by atoms with van der Waals surface area (Å²) in [6, 6.07) is 4.02. The highest BCUT2D eigenvalue weighted by molar-refractivity contribution is 7.89. The van der Waals surface area contributed by atoms with Crippen molar-refractivity contribution in [3.8, 4) is 0 Å². The molecule has 126 valence electrons. The van der Waals surface area contributed by atoms with E-state index in [2.05, 4.69) is 0 Å². The Labute approximate surface area is 130 Å². The monoisotopic (exact) mass is 350 g/mol. The van der Waals surface area contributed by atoms with E-state index in [9.17, 15) is 26.4 Å². The van der Waals surface area contributed by atoms with Gasteiger partial charge in [0, 0.05) is 19.6 Å². The number of hydrogen-bond acceptors (Lipinski definition) is 3. The number of benzene rings is 1. The number of sulfonamides is 1. The van der Waals surface area contributed by atoms with E-state index in [-0.39, 0.29) is 19.6 Å². The summed E-state index contributed by atoms with van der Waals surface area (Å²) >= 11 is 0.